The van der Waals surface area contributed by atoms with Crippen LogP contribution in [0.5, 0.6) is 0 Å². The lowest BCUT2D eigenvalue weighted by atomic mass is 10.0. The molecule has 0 saturated heterocycles. The predicted octanol–water partition coefficient (Wildman–Crippen LogP) is 20.9. The van der Waals surface area contributed by atoms with Crippen LogP contribution in [-0.4, -0.2) is 96.7 Å². The summed E-state index contributed by atoms with van der Waals surface area (Å²) in [5.74, 6) is -1.42. The molecule has 540 valence electrons. The lowest BCUT2D eigenvalue weighted by molar-refractivity contribution is -0.161. The number of hydrogen-bond acceptors (Lipinski definition) is 15. The van der Waals surface area contributed by atoms with Crippen LogP contribution >= 0.6 is 15.6 Å². The van der Waals surface area contributed by atoms with E-state index in [1.165, 1.54) is 199 Å². The van der Waals surface area contributed by atoms with Crippen LogP contribution in [0.2, 0.25) is 0 Å². The van der Waals surface area contributed by atoms with E-state index in [4.69, 9.17) is 37.0 Å². The Labute approximate surface area is 556 Å². The minimum Gasteiger partial charge on any atom is -0.462 e. The number of aliphatic hydroxyl groups excluding tert-OH is 1. The fraction of sp³-hybridized carbons (Fsp3) is 0.944. The highest BCUT2D eigenvalue weighted by Crippen LogP contribution is 2.45. The number of hydrogen-bond donors (Lipinski definition) is 3. The maximum atomic E-state index is 13.0. The van der Waals surface area contributed by atoms with Crippen molar-refractivity contribution in [3.05, 3.63) is 0 Å². The van der Waals surface area contributed by atoms with Gasteiger partial charge in [0.2, 0.25) is 0 Å². The Kier molecular flexibility index (Phi) is 64.0. The van der Waals surface area contributed by atoms with E-state index in [-0.39, 0.29) is 25.7 Å². The first-order valence-corrected chi connectivity index (χ1v) is 40.6. The minimum atomic E-state index is -4.95. The number of carbonyl (C=O) groups is 4. The van der Waals surface area contributed by atoms with E-state index in [0.717, 1.165) is 89.9 Å². The maximum absolute atomic E-state index is 13.0. The third kappa shape index (κ3) is 66.5. The molecule has 0 fully saturated rings. The van der Waals surface area contributed by atoms with Crippen LogP contribution in [0, 0.1) is 5.92 Å². The topological polar surface area (TPSA) is 237 Å². The Balaban J connectivity index is 5.21. The summed E-state index contributed by atoms with van der Waals surface area (Å²) in [6.07, 6.45) is 52.8. The summed E-state index contributed by atoms with van der Waals surface area (Å²) in [7, 11) is -9.90. The second-order valence-corrected chi connectivity index (χ2v) is 29.4. The summed E-state index contributed by atoms with van der Waals surface area (Å²) in [6, 6.07) is 0. The van der Waals surface area contributed by atoms with Gasteiger partial charge in [0.05, 0.1) is 26.4 Å². The first-order chi connectivity index (χ1) is 44.0. The van der Waals surface area contributed by atoms with Crippen LogP contribution in [0.3, 0.4) is 0 Å². The third-order valence-corrected chi connectivity index (χ3v) is 18.7. The molecule has 0 radical (unpaired) electrons. The summed E-state index contributed by atoms with van der Waals surface area (Å²) in [6.45, 7) is 7.19. The molecule has 0 aromatic heterocycles. The molecule has 0 heterocycles. The van der Waals surface area contributed by atoms with Crippen LogP contribution in [-0.2, 0) is 65.4 Å². The maximum Gasteiger partial charge on any atom is 0.472 e. The summed E-state index contributed by atoms with van der Waals surface area (Å²) >= 11 is 0. The Bertz CT molecular complexity index is 1750. The normalized spacial score (nSPS) is 14.0. The van der Waals surface area contributed by atoms with E-state index in [1.807, 2.05) is 0 Å². The van der Waals surface area contributed by atoms with Gasteiger partial charge in [-0.3, -0.25) is 37.3 Å². The molecule has 0 saturated carbocycles. The van der Waals surface area contributed by atoms with Gasteiger partial charge >= 0.3 is 39.5 Å². The van der Waals surface area contributed by atoms with E-state index in [2.05, 4.69) is 34.6 Å². The number of unbranched alkanes of at least 4 members (excludes halogenated alkanes) is 44. The molecular formula is C72H140O17P2. The number of esters is 4. The molecule has 0 bridgehead atoms. The number of rotatable bonds is 72. The highest BCUT2D eigenvalue weighted by Gasteiger charge is 2.30. The summed E-state index contributed by atoms with van der Waals surface area (Å²) in [5.41, 5.74) is 0. The standard InChI is InChI=1S/C72H140O17P2/c1-6-9-12-15-18-21-24-26-27-28-29-30-32-34-37-42-47-52-57-71(76)88-67(61-83-70(75)56-51-46-41-36-33-31-25-22-19-16-13-10-7-2)63-86-90(78,79)84-59-66(73)60-85-91(80,81)87-64-68(89-72(77)58-53-48-43-38-39-44-49-54-65(4)5)62-82-69(74)55-50-45-40-35-23-20-17-14-11-8-3/h65-68,73H,6-64H2,1-5H3,(H,78,79)(H,80,81)/t66-,67-,68-/m1/s1. The Hall–Kier alpha value is -1.94. The van der Waals surface area contributed by atoms with Crippen molar-refractivity contribution >= 4 is 39.5 Å². The van der Waals surface area contributed by atoms with Gasteiger partial charge in [0.15, 0.2) is 12.2 Å². The van der Waals surface area contributed by atoms with Crippen molar-refractivity contribution in [3.63, 3.8) is 0 Å². The van der Waals surface area contributed by atoms with Crippen molar-refractivity contribution in [1.29, 1.82) is 0 Å². The molecule has 0 rings (SSSR count). The molecule has 91 heavy (non-hydrogen) atoms. The first-order valence-electron chi connectivity index (χ1n) is 37.6. The number of carbonyl (C=O) groups excluding carboxylic acids is 4. The molecule has 3 N–H and O–H groups in total. The van der Waals surface area contributed by atoms with Crippen molar-refractivity contribution in [3.8, 4) is 0 Å². The fourth-order valence-corrected chi connectivity index (χ4v) is 12.6. The molecule has 17 nitrogen and oxygen atoms in total. The average Bonchev–Trinajstić information content (AvgIpc) is 3.29. The molecule has 2 unspecified atom stereocenters. The smallest absolute Gasteiger partial charge is 0.462 e. The molecule has 0 aromatic carbocycles. The Morgan fingerprint density at radius 1 is 0.297 bits per heavy atom. The predicted molar refractivity (Wildman–Crippen MR) is 368 cm³/mol. The second-order valence-electron chi connectivity index (χ2n) is 26.5. The van der Waals surface area contributed by atoms with E-state index >= 15 is 0 Å². The minimum absolute atomic E-state index is 0.104. The molecule has 0 aliphatic carbocycles. The van der Waals surface area contributed by atoms with Gasteiger partial charge in [-0.25, -0.2) is 9.13 Å². The highest BCUT2D eigenvalue weighted by molar-refractivity contribution is 7.47. The van der Waals surface area contributed by atoms with E-state index in [1.54, 1.807) is 0 Å². The van der Waals surface area contributed by atoms with Crippen LogP contribution < -0.4 is 0 Å². The molecule has 19 heteroatoms. The largest absolute Gasteiger partial charge is 0.472 e. The number of ether oxygens (including phenoxy) is 4. The van der Waals surface area contributed by atoms with Crippen molar-refractivity contribution in [1.82, 2.24) is 0 Å². The molecular weight excluding hydrogens is 1200 g/mol. The second kappa shape index (κ2) is 65.4. The third-order valence-electron chi connectivity index (χ3n) is 16.8. The molecule has 0 aliphatic rings. The van der Waals surface area contributed by atoms with Gasteiger partial charge in [0, 0.05) is 25.7 Å². The van der Waals surface area contributed by atoms with Gasteiger partial charge in [-0.05, 0) is 31.6 Å². The highest BCUT2D eigenvalue weighted by atomic mass is 31.2. The Morgan fingerprint density at radius 3 is 0.747 bits per heavy atom. The average molecular weight is 1340 g/mol. The molecule has 0 aliphatic heterocycles. The fourth-order valence-electron chi connectivity index (χ4n) is 11.0. The van der Waals surface area contributed by atoms with Crippen molar-refractivity contribution < 1.29 is 80.2 Å². The van der Waals surface area contributed by atoms with E-state index < -0.39 is 97.5 Å². The zero-order valence-corrected chi connectivity index (χ0v) is 60.8. The van der Waals surface area contributed by atoms with Crippen LogP contribution in [0.25, 0.3) is 0 Å². The Morgan fingerprint density at radius 2 is 0.505 bits per heavy atom. The number of phosphoric acid groups is 2. The van der Waals surface area contributed by atoms with Gasteiger partial charge in [0.1, 0.15) is 19.3 Å². The van der Waals surface area contributed by atoms with Gasteiger partial charge in [-0.2, -0.15) is 0 Å². The molecule has 0 aromatic rings. The lowest BCUT2D eigenvalue weighted by Crippen LogP contribution is -2.30. The van der Waals surface area contributed by atoms with Crippen LogP contribution in [0.15, 0.2) is 0 Å². The summed E-state index contributed by atoms with van der Waals surface area (Å²) in [4.78, 5) is 72.6. The van der Waals surface area contributed by atoms with E-state index in [0.29, 0.717) is 31.6 Å². The quantitative estimate of drug-likeness (QED) is 0.0222. The van der Waals surface area contributed by atoms with Gasteiger partial charge in [-0.1, -0.05) is 324 Å². The summed E-state index contributed by atoms with van der Waals surface area (Å²) in [5, 5.41) is 10.6. The van der Waals surface area contributed by atoms with Gasteiger partial charge in [0.25, 0.3) is 0 Å². The van der Waals surface area contributed by atoms with Crippen molar-refractivity contribution in [2.45, 2.75) is 393 Å². The SMILES string of the molecule is CCCCCCCCCCCCCCCCCCCCC(=O)O[C@H](COC(=O)CCCCCCCCCCCCCCC)COP(=O)(O)OC[C@@H](O)COP(=O)(O)OC[C@@H](COC(=O)CCCCCCCCCCCC)OC(=O)CCCCCCCCCC(C)C. The van der Waals surface area contributed by atoms with Gasteiger partial charge in [-0.15, -0.1) is 0 Å². The molecule has 0 amide bonds. The lowest BCUT2D eigenvalue weighted by Gasteiger charge is -2.21. The molecule has 5 atom stereocenters. The van der Waals surface area contributed by atoms with Gasteiger partial charge < -0.3 is 33.8 Å². The zero-order valence-electron chi connectivity index (χ0n) is 59.0. The van der Waals surface area contributed by atoms with Crippen LogP contribution in [0.1, 0.15) is 375 Å². The summed E-state index contributed by atoms with van der Waals surface area (Å²) < 4.78 is 68.3. The van der Waals surface area contributed by atoms with Crippen molar-refractivity contribution in [2.24, 2.45) is 5.92 Å². The first kappa shape index (κ1) is 89.1. The molecule has 0 spiro atoms. The van der Waals surface area contributed by atoms with E-state index in [9.17, 15) is 43.2 Å². The number of phosphoric ester groups is 2. The van der Waals surface area contributed by atoms with Crippen molar-refractivity contribution in [2.75, 3.05) is 39.6 Å². The number of aliphatic hydroxyl groups is 1. The zero-order chi connectivity index (χ0) is 67.0. The van der Waals surface area contributed by atoms with Crippen LogP contribution in [0.4, 0.5) is 0 Å². The monoisotopic (exact) mass is 1340 g/mol.